The molecule has 2 rings (SSSR count). The predicted octanol–water partition coefficient (Wildman–Crippen LogP) is 3.22. The highest BCUT2D eigenvalue weighted by Crippen LogP contribution is 2.29. The first-order chi connectivity index (χ1) is 12.4. The van der Waals surface area contributed by atoms with Gasteiger partial charge in [-0.3, -0.25) is 9.59 Å². The number of halogens is 1. The number of nitrogens with zero attached hydrogens (tertiary/aromatic N) is 1. The van der Waals surface area contributed by atoms with Crippen LogP contribution in [0.5, 0.6) is 11.5 Å². The van der Waals surface area contributed by atoms with E-state index < -0.39 is 5.82 Å². The Balaban J connectivity index is 2.06. The molecule has 2 amide bonds. The lowest BCUT2D eigenvalue weighted by molar-refractivity contribution is -0.117. The van der Waals surface area contributed by atoms with Gasteiger partial charge >= 0.3 is 0 Å². The summed E-state index contributed by atoms with van der Waals surface area (Å²) in [6, 6.07) is 10.7. The second-order valence-electron chi connectivity index (χ2n) is 5.51. The molecule has 6 nitrogen and oxygen atoms in total. The molecule has 0 unspecified atom stereocenters. The quantitative estimate of drug-likeness (QED) is 0.823. The van der Waals surface area contributed by atoms with Gasteiger partial charge in [-0.1, -0.05) is 6.07 Å². The highest BCUT2D eigenvalue weighted by Gasteiger charge is 2.15. The largest absolute Gasteiger partial charge is 0.497 e. The molecule has 0 aliphatic carbocycles. The van der Waals surface area contributed by atoms with Gasteiger partial charge in [0.2, 0.25) is 11.8 Å². The van der Waals surface area contributed by atoms with Gasteiger partial charge in [0.05, 0.1) is 19.9 Å². The van der Waals surface area contributed by atoms with Gasteiger partial charge in [0, 0.05) is 31.6 Å². The summed E-state index contributed by atoms with van der Waals surface area (Å²) in [6.07, 6.45) is 0.0382. The molecule has 7 heteroatoms. The molecule has 0 fully saturated rings. The van der Waals surface area contributed by atoms with E-state index in [9.17, 15) is 14.0 Å². The smallest absolute Gasteiger partial charge is 0.226 e. The number of nitrogens with one attached hydrogen (secondary N) is 1. The average Bonchev–Trinajstić information content (AvgIpc) is 2.61. The van der Waals surface area contributed by atoms with E-state index in [4.69, 9.17) is 9.47 Å². The number of hydrogen-bond donors (Lipinski definition) is 1. The first kappa shape index (κ1) is 19.2. The molecule has 26 heavy (non-hydrogen) atoms. The summed E-state index contributed by atoms with van der Waals surface area (Å²) in [5.41, 5.74) is 0.876. The fourth-order valence-electron chi connectivity index (χ4n) is 2.45. The van der Waals surface area contributed by atoms with Gasteiger partial charge in [0.1, 0.15) is 17.3 Å². The van der Waals surface area contributed by atoms with Crippen molar-refractivity contribution in [2.45, 2.75) is 13.3 Å². The lowest BCUT2D eigenvalue weighted by Gasteiger charge is -2.21. The number of amides is 2. The zero-order chi connectivity index (χ0) is 19.1. The second-order valence-corrected chi connectivity index (χ2v) is 5.51. The van der Waals surface area contributed by atoms with Gasteiger partial charge in [-0.2, -0.15) is 0 Å². The van der Waals surface area contributed by atoms with Crippen LogP contribution in [0.2, 0.25) is 0 Å². The molecule has 138 valence electrons. The fourth-order valence-corrected chi connectivity index (χ4v) is 2.45. The summed E-state index contributed by atoms with van der Waals surface area (Å²) in [5.74, 6) is 0.0415. The van der Waals surface area contributed by atoms with E-state index in [1.54, 1.807) is 24.3 Å². The van der Waals surface area contributed by atoms with Crippen LogP contribution in [0.4, 0.5) is 15.8 Å². The van der Waals surface area contributed by atoms with Crippen molar-refractivity contribution in [1.82, 2.24) is 0 Å². The van der Waals surface area contributed by atoms with Crippen LogP contribution in [-0.4, -0.2) is 32.6 Å². The molecule has 0 spiro atoms. The number of carbonyl (C=O) groups is 2. The predicted molar refractivity (Wildman–Crippen MR) is 97.2 cm³/mol. The van der Waals surface area contributed by atoms with Crippen LogP contribution < -0.4 is 19.7 Å². The van der Waals surface area contributed by atoms with E-state index in [1.807, 2.05) is 0 Å². The topological polar surface area (TPSA) is 67.9 Å². The molecule has 0 aromatic heterocycles. The molecule has 0 bridgehead atoms. The molecule has 0 heterocycles. The Morgan fingerprint density at radius 3 is 2.50 bits per heavy atom. The normalized spacial score (nSPS) is 10.2. The summed E-state index contributed by atoms with van der Waals surface area (Å²) in [6.45, 7) is 1.49. The van der Waals surface area contributed by atoms with Gasteiger partial charge in [-0.25, -0.2) is 4.39 Å². The van der Waals surface area contributed by atoms with E-state index >= 15 is 0 Å². The third-order valence-electron chi connectivity index (χ3n) is 3.74. The van der Waals surface area contributed by atoms with E-state index in [0.717, 1.165) is 0 Å². The Kier molecular flexibility index (Phi) is 6.54. The molecule has 0 aliphatic heterocycles. The number of anilines is 2. The number of methoxy groups -OCH3 is 2. The molecule has 0 radical (unpaired) electrons. The van der Waals surface area contributed by atoms with Gasteiger partial charge in [0.25, 0.3) is 0 Å². The third kappa shape index (κ3) is 4.95. The minimum Gasteiger partial charge on any atom is -0.497 e. The maximum atomic E-state index is 13.4. The molecule has 1 N–H and O–H groups in total. The van der Waals surface area contributed by atoms with Gasteiger partial charge in [-0.05, 0) is 30.3 Å². The van der Waals surface area contributed by atoms with Crippen molar-refractivity contribution in [2.24, 2.45) is 0 Å². The first-order valence-electron chi connectivity index (χ1n) is 8.00. The van der Waals surface area contributed by atoms with Gasteiger partial charge in [0.15, 0.2) is 0 Å². The molecule has 0 aliphatic rings. The van der Waals surface area contributed by atoms with Crippen LogP contribution >= 0.6 is 0 Å². The zero-order valence-corrected chi connectivity index (χ0v) is 14.9. The molecular weight excluding hydrogens is 339 g/mol. The van der Waals surface area contributed by atoms with Gasteiger partial charge < -0.3 is 19.7 Å². The minimum atomic E-state index is -0.445. The average molecular weight is 360 g/mol. The monoisotopic (exact) mass is 360 g/mol. The third-order valence-corrected chi connectivity index (χ3v) is 3.74. The summed E-state index contributed by atoms with van der Waals surface area (Å²) >= 11 is 0. The number of hydrogen-bond acceptors (Lipinski definition) is 4. The van der Waals surface area contributed by atoms with Crippen molar-refractivity contribution in [1.29, 1.82) is 0 Å². The molecular formula is C19H21FN2O4. The summed E-state index contributed by atoms with van der Waals surface area (Å²) < 4.78 is 23.7. The van der Waals surface area contributed by atoms with Crippen LogP contribution in [0.1, 0.15) is 13.3 Å². The standard InChI is InChI=1S/C19H21FN2O4/c1-13(23)22(15-6-4-5-14(20)11-15)10-9-19(24)21-17-12-16(25-2)7-8-18(17)26-3/h4-8,11-12H,9-10H2,1-3H3,(H,21,24). The van der Waals surface area contributed by atoms with E-state index in [2.05, 4.69) is 5.32 Å². The molecule has 2 aromatic rings. The molecule has 0 saturated carbocycles. The molecule has 2 aromatic carbocycles. The summed E-state index contributed by atoms with van der Waals surface area (Å²) in [5, 5.41) is 2.74. The van der Waals surface area contributed by atoms with Crippen LogP contribution in [0, 0.1) is 5.82 Å². The maximum absolute atomic E-state index is 13.4. The Bertz CT molecular complexity index is 795. The Morgan fingerprint density at radius 2 is 1.88 bits per heavy atom. The van der Waals surface area contributed by atoms with Crippen LogP contribution in [-0.2, 0) is 9.59 Å². The lowest BCUT2D eigenvalue weighted by atomic mass is 10.2. The Labute approximate surface area is 151 Å². The number of ether oxygens (including phenoxy) is 2. The second kappa shape index (κ2) is 8.84. The number of carbonyl (C=O) groups excluding carboxylic acids is 2. The Morgan fingerprint density at radius 1 is 1.12 bits per heavy atom. The number of rotatable bonds is 7. The minimum absolute atomic E-state index is 0.0382. The fraction of sp³-hybridized carbons (Fsp3) is 0.263. The SMILES string of the molecule is COc1ccc(OC)c(NC(=O)CCN(C(C)=O)c2cccc(F)c2)c1. The van der Waals surface area contributed by atoms with Crippen molar-refractivity contribution in [2.75, 3.05) is 31.0 Å². The van der Waals surface area contributed by atoms with Crippen LogP contribution in [0.15, 0.2) is 42.5 Å². The van der Waals surface area contributed by atoms with E-state index in [-0.39, 0.29) is 24.8 Å². The van der Waals surface area contributed by atoms with E-state index in [0.29, 0.717) is 22.9 Å². The number of benzene rings is 2. The van der Waals surface area contributed by atoms with Gasteiger partial charge in [-0.15, -0.1) is 0 Å². The van der Waals surface area contributed by atoms with Crippen molar-refractivity contribution >= 4 is 23.2 Å². The van der Waals surface area contributed by atoms with Crippen molar-refractivity contribution < 1.29 is 23.5 Å². The van der Waals surface area contributed by atoms with Crippen molar-refractivity contribution in [3.05, 3.63) is 48.3 Å². The maximum Gasteiger partial charge on any atom is 0.226 e. The first-order valence-corrected chi connectivity index (χ1v) is 8.00. The zero-order valence-electron chi connectivity index (χ0n) is 14.9. The summed E-state index contributed by atoms with van der Waals surface area (Å²) in [7, 11) is 3.02. The Hall–Kier alpha value is -3.09. The van der Waals surface area contributed by atoms with Crippen molar-refractivity contribution in [3.8, 4) is 11.5 Å². The molecule has 0 atom stereocenters. The highest BCUT2D eigenvalue weighted by atomic mass is 19.1. The van der Waals surface area contributed by atoms with Crippen LogP contribution in [0.3, 0.4) is 0 Å². The molecule has 0 saturated heterocycles. The lowest BCUT2D eigenvalue weighted by Crippen LogP contribution is -2.32. The van der Waals surface area contributed by atoms with Crippen LogP contribution in [0.25, 0.3) is 0 Å². The summed E-state index contributed by atoms with van der Waals surface area (Å²) in [4.78, 5) is 25.5. The van der Waals surface area contributed by atoms with Crippen molar-refractivity contribution in [3.63, 3.8) is 0 Å². The highest BCUT2D eigenvalue weighted by molar-refractivity contribution is 5.95. The van der Waals surface area contributed by atoms with E-state index in [1.165, 1.54) is 44.2 Å².